The standard InChI is InChI=1S/C20H17N3O5S/c1-27-13-8-5-6-11-16(13)17(18(21-11)19(25)28-2)22-15(24)10-23-12-7-3-4-9-14(12)29-20(23)26/h3-9,21H,10H2,1-2H3,(H,22,24). The Bertz CT molecular complexity index is 1300. The molecule has 0 unspecified atom stereocenters. The van der Waals surface area contributed by atoms with Crippen molar-refractivity contribution in [2.75, 3.05) is 19.5 Å². The first-order valence-corrected chi connectivity index (χ1v) is 9.50. The molecule has 0 aliphatic heterocycles. The van der Waals surface area contributed by atoms with Crippen LogP contribution in [-0.2, 0) is 16.1 Å². The van der Waals surface area contributed by atoms with Crippen molar-refractivity contribution >= 4 is 50.0 Å². The summed E-state index contributed by atoms with van der Waals surface area (Å²) in [6.07, 6.45) is 0. The molecule has 0 fully saturated rings. The molecule has 8 nitrogen and oxygen atoms in total. The molecule has 0 radical (unpaired) electrons. The lowest BCUT2D eigenvalue weighted by atomic mass is 10.2. The Morgan fingerprint density at radius 3 is 2.69 bits per heavy atom. The summed E-state index contributed by atoms with van der Waals surface area (Å²) in [5, 5.41) is 3.30. The lowest BCUT2D eigenvalue weighted by Gasteiger charge is -2.09. The number of benzene rings is 2. The van der Waals surface area contributed by atoms with Gasteiger partial charge in [-0.2, -0.15) is 0 Å². The third-order valence-electron chi connectivity index (χ3n) is 4.54. The van der Waals surface area contributed by atoms with E-state index in [1.807, 2.05) is 18.2 Å². The van der Waals surface area contributed by atoms with Crippen LogP contribution in [0.1, 0.15) is 10.5 Å². The molecule has 0 saturated carbocycles. The predicted molar refractivity (Wildman–Crippen MR) is 111 cm³/mol. The highest BCUT2D eigenvalue weighted by atomic mass is 32.1. The smallest absolute Gasteiger partial charge is 0.356 e. The number of ether oxygens (including phenoxy) is 2. The van der Waals surface area contributed by atoms with E-state index in [9.17, 15) is 14.4 Å². The third-order valence-corrected chi connectivity index (χ3v) is 5.50. The molecule has 0 saturated heterocycles. The van der Waals surface area contributed by atoms with Crippen LogP contribution in [0, 0.1) is 0 Å². The van der Waals surface area contributed by atoms with Crippen molar-refractivity contribution in [2.24, 2.45) is 0 Å². The Balaban J connectivity index is 1.75. The number of fused-ring (bicyclic) bond motifs is 2. The molecule has 29 heavy (non-hydrogen) atoms. The quantitative estimate of drug-likeness (QED) is 0.492. The van der Waals surface area contributed by atoms with Crippen molar-refractivity contribution < 1.29 is 19.1 Å². The average molecular weight is 411 g/mol. The van der Waals surface area contributed by atoms with Crippen LogP contribution in [0.15, 0.2) is 47.3 Å². The number of H-pyrrole nitrogens is 1. The van der Waals surface area contributed by atoms with Crippen molar-refractivity contribution in [1.29, 1.82) is 0 Å². The fourth-order valence-electron chi connectivity index (χ4n) is 3.25. The van der Waals surface area contributed by atoms with Crippen LogP contribution in [0.25, 0.3) is 21.1 Å². The van der Waals surface area contributed by atoms with Crippen LogP contribution in [0.3, 0.4) is 0 Å². The maximum absolute atomic E-state index is 12.8. The van der Waals surface area contributed by atoms with Crippen LogP contribution in [-0.4, -0.2) is 35.6 Å². The molecule has 0 aliphatic rings. The van der Waals surface area contributed by atoms with Crippen molar-refractivity contribution in [3.8, 4) is 5.75 Å². The van der Waals surface area contributed by atoms with E-state index in [0.29, 0.717) is 22.2 Å². The van der Waals surface area contributed by atoms with Crippen molar-refractivity contribution in [1.82, 2.24) is 9.55 Å². The van der Waals surface area contributed by atoms with E-state index in [0.717, 1.165) is 16.0 Å². The molecule has 4 rings (SSSR count). The highest BCUT2D eigenvalue weighted by molar-refractivity contribution is 7.16. The summed E-state index contributed by atoms with van der Waals surface area (Å²) in [6, 6.07) is 12.5. The summed E-state index contributed by atoms with van der Waals surface area (Å²) in [5.41, 5.74) is 1.64. The number of carbonyl (C=O) groups excluding carboxylic acids is 2. The van der Waals surface area contributed by atoms with Gasteiger partial charge >= 0.3 is 10.8 Å². The fraction of sp³-hybridized carbons (Fsp3) is 0.150. The molecular formula is C20H17N3O5S. The summed E-state index contributed by atoms with van der Waals surface area (Å²) >= 11 is 1.08. The van der Waals surface area contributed by atoms with Crippen LogP contribution in [0.4, 0.5) is 5.69 Å². The molecule has 0 aliphatic carbocycles. The molecule has 0 bridgehead atoms. The zero-order chi connectivity index (χ0) is 20.5. The highest BCUT2D eigenvalue weighted by Gasteiger charge is 2.23. The number of rotatable bonds is 5. The lowest BCUT2D eigenvalue weighted by molar-refractivity contribution is -0.116. The van der Waals surface area contributed by atoms with Crippen LogP contribution < -0.4 is 14.9 Å². The van der Waals surface area contributed by atoms with Gasteiger partial charge in [0.25, 0.3) is 0 Å². The van der Waals surface area contributed by atoms with Gasteiger partial charge < -0.3 is 19.8 Å². The number of hydrogen-bond acceptors (Lipinski definition) is 6. The zero-order valence-corrected chi connectivity index (χ0v) is 16.5. The zero-order valence-electron chi connectivity index (χ0n) is 15.6. The number of carbonyl (C=O) groups is 2. The van der Waals surface area contributed by atoms with Gasteiger partial charge in [-0.15, -0.1) is 0 Å². The topological polar surface area (TPSA) is 102 Å². The minimum Gasteiger partial charge on any atom is -0.496 e. The fourth-order valence-corrected chi connectivity index (χ4v) is 4.14. The molecule has 2 N–H and O–H groups in total. The molecule has 2 aromatic heterocycles. The Labute approximate surface area is 168 Å². The predicted octanol–water partition coefficient (Wildman–Crippen LogP) is 2.98. The van der Waals surface area contributed by atoms with Crippen LogP contribution >= 0.6 is 11.3 Å². The van der Waals surface area contributed by atoms with E-state index in [1.54, 1.807) is 24.3 Å². The second-order valence-corrected chi connectivity index (χ2v) is 7.21. The summed E-state index contributed by atoms with van der Waals surface area (Å²) in [4.78, 5) is 40.1. The normalized spacial score (nSPS) is 11.0. The molecule has 9 heteroatoms. The number of methoxy groups -OCH3 is 2. The van der Waals surface area contributed by atoms with Gasteiger partial charge in [-0.3, -0.25) is 14.2 Å². The number of aromatic nitrogens is 2. The summed E-state index contributed by atoms with van der Waals surface area (Å²) < 4.78 is 12.4. The van der Waals surface area contributed by atoms with Crippen LogP contribution in [0.2, 0.25) is 0 Å². The van der Waals surface area contributed by atoms with Gasteiger partial charge in [-0.1, -0.05) is 29.5 Å². The van der Waals surface area contributed by atoms with E-state index in [4.69, 9.17) is 9.47 Å². The van der Waals surface area contributed by atoms with E-state index in [1.165, 1.54) is 18.8 Å². The number of anilines is 1. The molecule has 2 aromatic carbocycles. The first-order chi connectivity index (χ1) is 14.0. The second kappa shape index (κ2) is 7.44. The molecule has 2 heterocycles. The summed E-state index contributed by atoms with van der Waals surface area (Å²) in [5.74, 6) is -0.591. The second-order valence-electron chi connectivity index (χ2n) is 6.22. The lowest BCUT2D eigenvalue weighted by Crippen LogP contribution is -2.25. The minimum absolute atomic E-state index is 0.0999. The number of esters is 1. The third kappa shape index (κ3) is 3.25. The van der Waals surface area contributed by atoms with E-state index < -0.39 is 11.9 Å². The number of thiazole rings is 1. The maximum atomic E-state index is 12.8. The van der Waals surface area contributed by atoms with Crippen LogP contribution in [0.5, 0.6) is 5.75 Å². The Morgan fingerprint density at radius 2 is 1.93 bits per heavy atom. The minimum atomic E-state index is -0.628. The average Bonchev–Trinajstić information content (AvgIpc) is 3.25. The number of para-hydroxylation sites is 1. The monoisotopic (exact) mass is 411 g/mol. The van der Waals surface area contributed by atoms with Gasteiger partial charge in [-0.25, -0.2) is 4.79 Å². The first kappa shape index (κ1) is 18.8. The van der Waals surface area contributed by atoms with Gasteiger partial charge in [0.2, 0.25) is 5.91 Å². The van der Waals surface area contributed by atoms with Gasteiger partial charge in [0, 0.05) is 0 Å². The molecule has 0 atom stereocenters. The molecule has 0 spiro atoms. The van der Waals surface area contributed by atoms with Gasteiger partial charge in [-0.05, 0) is 24.3 Å². The van der Waals surface area contributed by atoms with Gasteiger partial charge in [0.05, 0.1) is 41.0 Å². The summed E-state index contributed by atoms with van der Waals surface area (Å²) in [7, 11) is 2.76. The summed E-state index contributed by atoms with van der Waals surface area (Å²) in [6.45, 7) is -0.189. The molecule has 148 valence electrons. The Kier molecular flexibility index (Phi) is 4.81. The first-order valence-electron chi connectivity index (χ1n) is 8.68. The van der Waals surface area contributed by atoms with Crippen molar-refractivity contribution in [3.05, 3.63) is 57.8 Å². The van der Waals surface area contributed by atoms with Crippen molar-refractivity contribution in [3.63, 3.8) is 0 Å². The molecule has 4 aromatic rings. The number of aromatic amines is 1. The maximum Gasteiger partial charge on any atom is 0.356 e. The highest BCUT2D eigenvalue weighted by Crippen LogP contribution is 2.35. The Hall–Kier alpha value is -3.59. The molecule has 1 amide bonds. The van der Waals surface area contributed by atoms with E-state index >= 15 is 0 Å². The van der Waals surface area contributed by atoms with Crippen molar-refractivity contribution in [2.45, 2.75) is 6.54 Å². The van der Waals surface area contributed by atoms with Gasteiger partial charge in [0.1, 0.15) is 18.0 Å². The Morgan fingerprint density at radius 1 is 1.14 bits per heavy atom. The number of amides is 1. The van der Waals surface area contributed by atoms with Gasteiger partial charge in [0.15, 0.2) is 0 Å². The SMILES string of the molecule is COC(=O)c1[nH]c2cccc(OC)c2c1NC(=O)Cn1c(=O)sc2ccccc21. The number of hydrogen-bond donors (Lipinski definition) is 2. The number of nitrogens with one attached hydrogen (secondary N) is 2. The molecular weight excluding hydrogens is 394 g/mol. The number of nitrogens with zero attached hydrogens (tertiary/aromatic N) is 1. The van der Waals surface area contributed by atoms with E-state index in [2.05, 4.69) is 10.3 Å². The largest absolute Gasteiger partial charge is 0.496 e. The van der Waals surface area contributed by atoms with E-state index in [-0.39, 0.29) is 22.8 Å².